The van der Waals surface area contributed by atoms with Gasteiger partial charge >= 0.3 is 6.09 Å². The van der Waals surface area contributed by atoms with Crippen LogP contribution in [0.4, 0.5) is 4.79 Å². The van der Waals surface area contributed by atoms with Crippen LogP contribution in [0.5, 0.6) is 0 Å². The summed E-state index contributed by atoms with van der Waals surface area (Å²) in [5.41, 5.74) is 0. The van der Waals surface area contributed by atoms with Gasteiger partial charge in [-0.25, -0.2) is 4.79 Å². The molecule has 1 heterocycles. The third-order valence-corrected chi connectivity index (χ3v) is 2.34. The molecule has 0 aliphatic carbocycles. The van der Waals surface area contributed by atoms with Crippen LogP contribution in [0.3, 0.4) is 0 Å². The van der Waals surface area contributed by atoms with Crippen molar-refractivity contribution in [1.82, 2.24) is 9.80 Å². The van der Waals surface area contributed by atoms with Crippen molar-refractivity contribution in [3.63, 3.8) is 0 Å². The Kier molecular flexibility index (Phi) is 2.04. The molecular formula is C7H14N2O2. The summed E-state index contributed by atoms with van der Waals surface area (Å²) >= 11 is 0. The molecule has 11 heavy (non-hydrogen) atoms. The van der Waals surface area contributed by atoms with Gasteiger partial charge in [0, 0.05) is 18.6 Å². The minimum Gasteiger partial charge on any atom is -0.465 e. The van der Waals surface area contributed by atoms with Crippen molar-refractivity contribution in [2.24, 2.45) is 0 Å². The van der Waals surface area contributed by atoms with Gasteiger partial charge in [-0.1, -0.05) is 0 Å². The number of hydrogen-bond donors (Lipinski definition) is 1. The first-order valence-corrected chi connectivity index (χ1v) is 3.70. The topological polar surface area (TPSA) is 43.8 Å². The lowest BCUT2D eigenvalue weighted by Gasteiger charge is -2.47. The summed E-state index contributed by atoms with van der Waals surface area (Å²) in [5.74, 6) is 0. The van der Waals surface area contributed by atoms with Gasteiger partial charge in [0.1, 0.15) is 0 Å². The highest BCUT2D eigenvalue weighted by Gasteiger charge is 2.39. The van der Waals surface area contributed by atoms with E-state index in [1.165, 1.54) is 4.90 Å². The summed E-state index contributed by atoms with van der Waals surface area (Å²) in [6.45, 7) is 2.58. The zero-order valence-electron chi connectivity index (χ0n) is 7.11. The standard InChI is InChI=1S/C7H14N2O2/c1-5-6(8(2)3)4-9(5)7(10)11/h5-6H,4H2,1-3H3,(H,10,11)/t5-,6+/m0/s1. The Morgan fingerprint density at radius 3 is 2.45 bits per heavy atom. The Balaban J connectivity index is 2.44. The quantitative estimate of drug-likeness (QED) is 0.597. The summed E-state index contributed by atoms with van der Waals surface area (Å²) < 4.78 is 0. The van der Waals surface area contributed by atoms with Gasteiger partial charge in [0.05, 0.1) is 0 Å². The van der Waals surface area contributed by atoms with E-state index in [9.17, 15) is 4.79 Å². The molecule has 2 atom stereocenters. The lowest BCUT2D eigenvalue weighted by atomic mass is 9.98. The van der Waals surface area contributed by atoms with Crippen LogP contribution >= 0.6 is 0 Å². The first-order valence-electron chi connectivity index (χ1n) is 3.70. The number of likely N-dealkylation sites (tertiary alicyclic amines) is 1. The van der Waals surface area contributed by atoms with E-state index < -0.39 is 6.09 Å². The average Bonchev–Trinajstić information content (AvgIpc) is 1.82. The Morgan fingerprint density at radius 1 is 1.64 bits per heavy atom. The molecule has 0 saturated carbocycles. The molecule has 0 aromatic rings. The zero-order valence-corrected chi connectivity index (χ0v) is 7.11. The minimum atomic E-state index is -0.810. The first-order chi connectivity index (χ1) is 5.04. The van der Waals surface area contributed by atoms with Crippen LogP contribution in [0.15, 0.2) is 0 Å². The van der Waals surface area contributed by atoms with Gasteiger partial charge in [-0.3, -0.25) is 0 Å². The number of likely N-dealkylation sites (N-methyl/N-ethyl adjacent to an activating group) is 1. The number of hydrogen-bond acceptors (Lipinski definition) is 2. The molecule has 64 valence electrons. The molecule has 0 unspecified atom stereocenters. The van der Waals surface area contributed by atoms with Crippen LogP contribution in [0.2, 0.25) is 0 Å². The van der Waals surface area contributed by atoms with Gasteiger partial charge in [-0.05, 0) is 21.0 Å². The maximum atomic E-state index is 10.5. The summed E-state index contributed by atoms with van der Waals surface area (Å²) in [4.78, 5) is 14.0. The maximum absolute atomic E-state index is 10.5. The maximum Gasteiger partial charge on any atom is 0.407 e. The lowest BCUT2D eigenvalue weighted by Crippen LogP contribution is -2.65. The van der Waals surface area contributed by atoms with Gasteiger partial charge in [-0.15, -0.1) is 0 Å². The molecule has 1 aliphatic heterocycles. The lowest BCUT2D eigenvalue weighted by molar-refractivity contribution is 0.0120. The fourth-order valence-corrected chi connectivity index (χ4v) is 1.44. The fraction of sp³-hybridized carbons (Fsp3) is 0.857. The number of amides is 1. The molecule has 0 bridgehead atoms. The predicted octanol–water partition coefficient (Wildman–Crippen LogP) is 0.299. The number of nitrogens with zero attached hydrogens (tertiary/aromatic N) is 2. The van der Waals surface area contributed by atoms with Crippen molar-refractivity contribution < 1.29 is 9.90 Å². The number of carboxylic acid groups (broad SMARTS) is 1. The molecule has 1 aliphatic rings. The molecule has 1 saturated heterocycles. The first kappa shape index (κ1) is 8.33. The van der Waals surface area contributed by atoms with E-state index in [0.29, 0.717) is 12.6 Å². The third-order valence-electron chi connectivity index (χ3n) is 2.34. The molecular weight excluding hydrogens is 144 g/mol. The van der Waals surface area contributed by atoms with Crippen LogP contribution < -0.4 is 0 Å². The zero-order chi connectivity index (χ0) is 8.59. The van der Waals surface area contributed by atoms with Gasteiger partial charge in [0.2, 0.25) is 0 Å². The fourth-order valence-electron chi connectivity index (χ4n) is 1.44. The summed E-state index contributed by atoms with van der Waals surface area (Å²) in [6, 6.07) is 0.536. The summed E-state index contributed by atoms with van der Waals surface area (Å²) in [6.07, 6.45) is -0.810. The Labute approximate surface area is 66.4 Å². The third kappa shape index (κ3) is 1.30. The van der Waals surface area contributed by atoms with E-state index in [2.05, 4.69) is 4.90 Å². The van der Waals surface area contributed by atoms with Crippen molar-refractivity contribution in [1.29, 1.82) is 0 Å². The second kappa shape index (κ2) is 2.70. The van der Waals surface area contributed by atoms with Crippen LogP contribution in [-0.2, 0) is 0 Å². The van der Waals surface area contributed by atoms with Crippen LogP contribution in [0.1, 0.15) is 6.92 Å². The molecule has 1 fully saturated rings. The Hall–Kier alpha value is -0.770. The second-order valence-corrected chi connectivity index (χ2v) is 3.21. The highest BCUT2D eigenvalue weighted by molar-refractivity contribution is 5.67. The number of rotatable bonds is 1. The molecule has 1 rings (SSSR count). The minimum absolute atomic E-state index is 0.141. The van der Waals surface area contributed by atoms with Gasteiger partial charge in [0.15, 0.2) is 0 Å². The number of carbonyl (C=O) groups is 1. The normalized spacial score (nSPS) is 30.4. The molecule has 4 heteroatoms. The van der Waals surface area contributed by atoms with E-state index in [1.807, 2.05) is 21.0 Å². The molecule has 1 N–H and O–H groups in total. The predicted molar refractivity (Wildman–Crippen MR) is 41.7 cm³/mol. The van der Waals surface area contributed by atoms with Crippen molar-refractivity contribution in [2.45, 2.75) is 19.0 Å². The van der Waals surface area contributed by atoms with Crippen molar-refractivity contribution in [3.05, 3.63) is 0 Å². The van der Waals surface area contributed by atoms with Crippen LogP contribution in [0.25, 0.3) is 0 Å². The monoisotopic (exact) mass is 158 g/mol. The smallest absolute Gasteiger partial charge is 0.407 e. The van der Waals surface area contributed by atoms with Crippen molar-refractivity contribution >= 4 is 6.09 Å². The van der Waals surface area contributed by atoms with Gasteiger partial charge in [0.25, 0.3) is 0 Å². The van der Waals surface area contributed by atoms with E-state index in [0.717, 1.165) is 0 Å². The molecule has 0 radical (unpaired) electrons. The van der Waals surface area contributed by atoms with Crippen LogP contribution in [0, 0.1) is 0 Å². The van der Waals surface area contributed by atoms with Crippen molar-refractivity contribution in [2.75, 3.05) is 20.6 Å². The molecule has 0 spiro atoms. The molecule has 4 nitrogen and oxygen atoms in total. The summed E-state index contributed by atoms with van der Waals surface area (Å²) in [5, 5.41) is 8.61. The molecule has 0 aromatic carbocycles. The highest BCUT2D eigenvalue weighted by atomic mass is 16.4. The van der Waals surface area contributed by atoms with E-state index >= 15 is 0 Å². The largest absolute Gasteiger partial charge is 0.465 e. The van der Waals surface area contributed by atoms with E-state index in [1.54, 1.807) is 0 Å². The van der Waals surface area contributed by atoms with Gasteiger partial charge < -0.3 is 14.9 Å². The molecule has 0 aromatic heterocycles. The average molecular weight is 158 g/mol. The van der Waals surface area contributed by atoms with Crippen molar-refractivity contribution in [3.8, 4) is 0 Å². The van der Waals surface area contributed by atoms with E-state index in [4.69, 9.17) is 5.11 Å². The SMILES string of the molecule is C[C@H]1[C@H](N(C)C)CN1C(=O)O. The van der Waals surface area contributed by atoms with Gasteiger partial charge in [-0.2, -0.15) is 0 Å². The van der Waals surface area contributed by atoms with Crippen LogP contribution in [-0.4, -0.2) is 53.7 Å². The Bertz CT molecular complexity index is 170. The highest BCUT2D eigenvalue weighted by Crippen LogP contribution is 2.20. The van der Waals surface area contributed by atoms with E-state index in [-0.39, 0.29) is 6.04 Å². The molecule has 1 amide bonds. The Morgan fingerprint density at radius 2 is 2.18 bits per heavy atom. The summed E-state index contributed by atoms with van der Waals surface area (Å²) in [7, 11) is 3.95. The second-order valence-electron chi connectivity index (χ2n) is 3.21.